The maximum atomic E-state index is 14.6. The van der Waals surface area contributed by atoms with E-state index in [2.05, 4.69) is 15.0 Å². The Morgan fingerprint density at radius 1 is 1.05 bits per heavy atom. The second kappa shape index (κ2) is 9.95. The first-order valence-corrected chi connectivity index (χ1v) is 11.5. The summed E-state index contributed by atoms with van der Waals surface area (Å²) in [5, 5.41) is 9.85. The highest BCUT2D eigenvalue weighted by atomic mass is 35.5. The van der Waals surface area contributed by atoms with Gasteiger partial charge in [0.25, 0.3) is 5.56 Å². The lowest BCUT2D eigenvalue weighted by molar-refractivity contribution is 0.0686. The lowest BCUT2D eigenvalue weighted by Gasteiger charge is -2.17. The average molecular weight is 531 g/mol. The SMILES string of the molecule is Cc1cc(COc2nc(C)n(-c3cccc(-c4nc(C(C)(C)O)ncc4F)c3)c(=O)c2Cl)c(F)cc1F. The highest BCUT2D eigenvalue weighted by Crippen LogP contribution is 2.27. The molecule has 37 heavy (non-hydrogen) atoms. The van der Waals surface area contributed by atoms with E-state index in [4.69, 9.17) is 16.3 Å². The van der Waals surface area contributed by atoms with Crippen molar-refractivity contribution in [1.29, 1.82) is 0 Å². The zero-order chi connectivity index (χ0) is 27.1. The summed E-state index contributed by atoms with van der Waals surface area (Å²) in [5.74, 6) is -2.19. The largest absolute Gasteiger partial charge is 0.471 e. The summed E-state index contributed by atoms with van der Waals surface area (Å²) >= 11 is 6.25. The summed E-state index contributed by atoms with van der Waals surface area (Å²) in [6.07, 6.45) is 0.968. The first-order valence-electron chi connectivity index (χ1n) is 11.1. The Labute approximate surface area is 215 Å². The van der Waals surface area contributed by atoms with Crippen LogP contribution in [0.15, 0.2) is 47.4 Å². The van der Waals surface area contributed by atoms with E-state index in [1.165, 1.54) is 44.4 Å². The molecule has 0 bridgehead atoms. The van der Waals surface area contributed by atoms with Gasteiger partial charge < -0.3 is 9.84 Å². The summed E-state index contributed by atoms with van der Waals surface area (Å²) in [5.41, 5.74) is -1.16. The number of ether oxygens (including phenoxy) is 1. The van der Waals surface area contributed by atoms with Crippen LogP contribution in [0.5, 0.6) is 5.88 Å². The molecule has 0 aliphatic heterocycles. The van der Waals surface area contributed by atoms with Crippen LogP contribution in [-0.2, 0) is 12.2 Å². The van der Waals surface area contributed by atoms with Crippen LogP contribution in [0.4, 0.5) is 13.2 Å². The minimum absolute atomic E-state index is 0.0293. The molecule has 0 radical (unpaired) electrons. The van der Waals surface area contributed by atoms with Gasteiger partial charge in [-0.3, -0.25) is 9.36 Å². The fourth-order valence-corrected chi connectivity index (χ4v) is 3.79. The van der Waals surface area contributed by atoms with Crippen LogP contribution in [0, 0.1) is 31.3 Å². The number of aliphatic hydroxyl groups is 1. The third-order valence-electron chi connectivity index (χ3n) is 5.53. The van der Waals surface area contributed by atoms with Crippen molar-refractivity contribution in [2.24, 2.45) is 0 Å². The summed E-state index contributed by atoms with van der Waals surface area (Å²) < 4.78 is 48.9. The van der Waals surface area contributed by atoms with E-state index in [-0.39, 0.29) is 46.0 Å². The van der Waals surface area contributed by atoms with E-state index in [1.54, 1.807) is 18.2 Å². The van der Waals surface area contributed by atoms with E-state index in [9.17, 15) is 23.1 Å². The van der Waals surface area contributed by atoms with Crippen molar-refractivity contribution in [1.82, 2.24) is 19.5 Å². The smallest absolute Gasteiger partial charge is 0.280 e. The number of hydrogen-bond donors (Lipinski definition) is 1. The molecule has 0 atom stereocenters. The fraction of sp³-hybridized carbons (Fsp3) is 0.231. The van der Waals surface area contributed by atoms with Crippen LogP contribution >= 0.6 is 11.6 Å². The van der Waals surface area contributed by atoms with Gasteiger partial charge in [-0.2, -0.15) is 4.98 Å². The topological polar surface area (TPSA) is 90.1 Å². The second-order valence-electron chi connectivity index (χ2n) is 8.90. The molecule has 192 valence electrons. The average Bonchev–Trinajstić information content (AvgIpc) is 2.83. The normalized spacial score (nSPS) is 11.6. The first-order chi connectivity index (χ1) is 17.4. The molecule has 0 unspecified atom stereocenters. The Balaban J connectivity index is 1.70. The van der Waals surface area contributed by atoms with E-state index in [1.807, 2.05) is 0 Å². The summed E-state index contributed by atoms with van der Waals surface area (Å²) in [7, 11) is 0. The fourth-order valence-electron chi connectivity index (χ4n) is 3.61. The van der Waals surface area contributed by atoms with Gasteiger partial charge in [0.15, 0.2) is 16.7 Å². The molecular formula is C26H22ClF3N4O3. The van der Waals surface area contributed by atoms with E-state index in [0.717, 1.165) is 12.3 Å². The number of aromatic nitrogens is 4. The summed E-state index contributed by atoms with van der Waals surface area (Å²) in [6, 6.07) is 8.36. The molecule has 0 spiro atoms. The van der Waals surface area contributed by atoms with E-state index >= 15 is 0 Å². The molecule has 0 aliphatic rings. The maximum Gasteiger partial charge on any atom is 0.280 e. The van der Waals surface area contributed by atoms with E-state index < -0.39 is 28.6 Å². The Hall–Kier alpha value is -3.76. The minimum atomic E-state index is -1.39. The molecule has 4 aromatic rings. The Bertz CT molecular complexity index is 1570. The first kappa shape index (κ1) is 26.3. The summed E-state index contributed by atoms with van der Waals surface area (Å²) in [6.45, 7) is 5.66. The van der Waals surface area contributed by atoms with E-state index in [0.29, 0.717) is 11.3 Å². The van der Waals surface area contributed by atoms with Crippen molar-refractivity contribution < 1.29 is 23.0 Å². The predicted molar refractivity (Wildman–Crippen MR) is 131 cm³/mol. The van der Waals surface area contributed by atoms with Crippen molar-refractivity contribution >= 4 is 11.6 Å². The molecule has 0 amide bonds. The molecule has 2 aromatic heterocycles. The number of benzene rings is 2. The molecule has 7 nitrogen and oxygen atoms in total. The van der Waals surface area contributed by atoms with Gasteiger partial charge in [0.05, 0.1) is 11.9 Å². The van der Waals surface area contributed by atoms with Crippen LogP contribution in [-0.4, -0.2) is 24.6 Å². The van der Waals surface area contributed by atoms with Gasteiger partial charge in [-0.25, -0.2) is 23.1 Å². The minimum Gasteiger partial charge on any atom is -0.471 e. The quantitative estimate of drug-likeness (QED) is 0.369. The van der Waals surface area contributed by atoms with Crippen molar-refractivity contribution in [2.75, 3.05) is 0 Å². The van der Waals surface area contributed by atoms with Crippen molar-refractivity contribution in [3.63, 3.8) is 0 Å². The zero-order valence-corrected chi connectivity index (χ0v) is 21.1. The number of hydrogen-bond acceptors (Lipinski definition) is 6. The van der Waals surface area contributed by atoms with Gasteiger partial charge in [-0.1, -0.05) is 23.7 Å². The molecule has 0 fully saturated rings. The molecule has 1 N–H and O–H groups in total. The zero-order valence-electron chi connectivity index (χ0n) is 20.3. The standard InChI is InChI=1S/C26H22ClF3N4O3/c1-13-8-16(19(29)10-18(13)28)12-37-23-21(27)24(35)34(14(2)32-23)17-7-5-6-15(9-17)22-20(30)11-31-25(33-22)26(3,4)36/h5-11,36H,12H2,1-4H3. The van der Waals surface area contributed by atoms with Gasteiger partial charge >= 0.3 is 0 Å². The van der Waals surface area contributed by atoms with Gasteiger partial charge in [0.1, 0.15) is 35.4 Å². The van der Waals surface area contributed by atoms with Crippen LogP contribution in [0.25, 0.3) is 16.9 Å². The number of aryl methyl sites for hydroxylation is 2. The lowest BCUT2D eigenvalue weighted by Crippen LogP contribution is -2.23. The predicted octanol–water partition coefficient (Wildman–Crippen LogP) is 5.18. The van der Waals surface area contributed by atoms with Gasteiger partial charge in [0.2, 0.25) is 5.88 Å². The number of rotatable bonds is 6. The van der Waals surface area contributed by atoms with Crippen molar-refractivity contribution in [3.05, 3.63) is 98.2 Å². The van der Waals surface area contributed by atoms with Crippen LogP contribution in [0.3, 0.4) is 0 Å². The van der Waals surface area contributed by atoms with Crippen LogP contribution < -0.4 is 10.3 Å². The highest BCUT2D eigenvalue weighted by molar-refractivity contribution is 6.31. The molecule has 0 aliphatic carbocycles. The molecule has 4 rings (SSSR count). The molecule has 2 heterocycles. The monoisotopic (exact) mass is 530 g/mol. The Kier molecular flexibility index (Phi) is 7.07. The van der Waals surface area contributed by atoms with Crippen molar-refractivity contribution in [2.45, 2.75) is 39.9 Å². The number of halogens is 4. The maximum absolute atomic E-state index is 14.6. The Morgan fingerprint density at radius 3 is 2.49 bits per heavy atom. The van der Waals surface area contributed by atoms with Crippen LogP contribution in [0.1, 0.15) is 36.6 Å². The van der Waals surface area contributed by atoms with Gasteiger partial charge in [-0.15, -0.1) is 0 Å². The molecule has 2 aromatic carbocycles. The van der Waals surface area contributed by atoms with Crippen molar-refractivity contribution in [3.8, 4) is 22.8 Å². The van der Waals surface area contributed by atoms with Crippen LogP contribution in [0.2, 0.25) is 5.02 Å². The van der Waals surface area contributed by atoms with Gasteiger partial charge in [0, 0.05) is 17.2 Å². The highest BCUT2D eigenvalue weighted by Gasteiger charge is 2.23. The second-order valence-corrected chi connectivity index (χ2v) is 9.28. The summed E-state index contributed by atoms with van der Waals surface area (Å²) in [4.78, 5) is 25.4. The third-order valence-corrected chi connectivity index (χ3v) is 5.85. The molecule has 11 heteroatoms. The van der Waals surface area contributed by atoms with Gasteiger partial charge in [-0.05, 0) is 51.5 Å². The Morgan fingerprint density at radius 2 is 1.78 bits per heavy atom. The molecule has 0 saturated carbocycles. The lowest BCUT2D eigenvalue weighted by atomic mass is 10.1. The molecule has 0 saturated heterocycles. The third kappa shape index (κ3) is 5.35. The molecular weight excluding hydrogens is 509 g/mol. The number of nitrogens with zero attached hydrogens (tertiary/aromatic N) is 4.